The van der Waals surface area contributed by atoms with Crippen LogP contribution in [0.25, 0.3) is 0 Å². The number of hydrogen-bond donors (Lipinski definition) is 2. The summed E-state index contributed by atoms with van der Waals surface area (Å²) in [5.41, 5.74) is 2.20. The molecule has 0 spiro atoms. The Morgan fingerprint density at radius 3 is 2.33 bits per heavy atom. The summed E-state index contributed by atoms with van der Waals surface area (Å²) in [4.78, 5) is 25.1. The molecule has 33 heavy (non-hydrogen) atoms. The van der Waals surface area contributed by atoms with Gasteiger partial charge in [0, 0.05) is 17.8 Å². The number of carbonyl (C=O) groups excluding carboxylic acids is 2. The van der Waals surface area contributed by atoms with E-state index in [9.17, 15) is 14.0 Å². The summed E-state index contributed by atoms with van der Waals surface area (Å²) in [5, 5.41) is 15.0. The Morgan fingerprint density at radius 1 is 1.06 bits per heavy atom. The molecule has 0 saturated carbocycles. The zero-order valence-electron chi connectivity index (χ0n) is 19.1. The van der Waals surface area contributed by atoms with Crippen LogP contribution in [0.4, 0.5) is 10.1 Å². The normalized spacial score (nSPS) is 11.9. The first kappa shape index (κ1) is 24.4. The maximum Gasteiger partial charge on any atom is 0.251 e. The Kier molecular flexibility index (Phi) is 8.21. The molecule has 174 valence electrons. The molecule has 3 aromatic rings. The lowest BCUT2D eigenvalue weighted by molar-refractivity contribution is -0.113. The molecule has 0 unspecified atom stereocenters. The number of thioether (sulfide) groups is 1. The van der Waals surface area contributed by atoms with Gasteiger partial charge in [-0.3, -0.25) is 9.59 Å². The Labute approximate surface area is 197 Å². The van der Waals surface area contributed by atoms with Gasteiger partial charge in [-0.25, -0.2) is 4.39 Å². The fourth-order valence-electron chi connectivity index (χ4n) is 3.25. The molecule has 2 aromatic carbocycles. The van der Waals surface area contributed by atoms with Crippen molar-refractivity contribution < 1.29 is 14.0 Å². The fourth-order valence-corrected chi connectivity index (χ4v) is 4.06. The standard InChI is InChI=1S/C24H28FN5O2S/c1-5-30-22(21(15(2)3)27-23(32)17-8-6-16(4)7-9-17)28-29-24(30)33-14-20(31)26-19-12-10-18(25)11-13-19/h6-13,15,21H,5,14H2,1-4H3,(H,26,31)(H,27,32)/t21-/m0/s1. The van der Waals surface area contributed by atoms with E-state index in [1.165, 1.54) is 36.0 Å². The van der Waals surface area contributed by atoms with E-state index in [0.717, 1.165) is 5.56 Å². The number of nitrogens with one attached hydrogen (secondary N) is 2. The zero-order chi connectivity index (χ0) is 24.0. The van der Waals surface area contributed by atoms with E-state index < -0.39 is 0 Å². The highest BCUT2D eigenvalue weighted by molar-refractivity contribution is 7.99. The molecule has 9 heteroatoms. The summed E-state index contributed by atoms with van der Waals surface area (Å²) in [6, 6.07) is 12.7. The molecule has 0 aliphatic heterocycles. The summed E-state index contributed by atoms with van der Waals surface area (Å²) in [6.45, 7) is 8.56. The number of hydrogen-bond acceptors (Lipinski definition) is 5. The summed E-state index contributed by atoms with van der Waals surface area (Å²) in [7, 11) is 0. The first-order valence-corrected chi connectivity index (χ1v) is 11.8. The number of carbonyl (C=O) groups is 2. The lowest BCUT2D eigenvalue weighted by atomic mass is 10.0. The minimum Gasteiger partial charge on any atom is -0.342 e. The van der Waals surface area contributed by atoms with Crippen LogP contribution >= 0.6 is 11.8 Å². The van der Waals surface area contributed by atoms with Crippen molar-refractivity contribution >= 4 is 29.3 Å². The molecular formula is C24H28FN5O2S. The first-order valence-electron chi connectivity index (χ1n) is 10.8. The Hall–Kier alpha value is -3.20. The van der Waals surface area contributed by atoms with Gasteiger partial charge in [-0.05, 0) is 56.2 Å². The van der Waals surface area contributed by atoms with Gasteiger partial charge in [0.05, 0.1) is 11.8 Å². The molecule has 1 atom stereocenters. The molecule has 1 aromatic heterocycles. The number of halogens is 1. The number of rotatable bonds is 9. The molecule has 2 amide bonds. The third-order valence-corrected chi connectivity index (χ3v) is 6.03. The van der Waals surface area contributed by atoms with Gasteiger partial charge in [0.2, 0.25) is 5.91 Å². The molecule has 7 nitrogen and oxygen atoms in total. The van der Waals surface area contributed by atoms with Crippen molar-refractivity contribution in [1.29, 1.82) is 0 Å². The zero-order valence-corrected chi connectivity index (χ0v) is 19.9. The van der Waals surface area contributed by atoms with Gasteiger partial charge in [0.15, 0.2) is 11.0 Å². The van der Waals surface area contributed by atoms with Gasteiger partial charge in [-0.2, -0.15) is 0 Å². The minimum atomic E-state index is -0.361. The van der Waals surface area contributed by atoms with Gasteiger partial charge >= 0.3 is 0 Å². The fraction of sp³-hybridized carbons (Fsp3) is 0.333. The molecule has 0 aliphatic rings. The summed E-state index contributed by atoms with van der Waals surface area (Å²) in [6.07, 6.45) is 0. The second-order valence-electron chi connectivity index (χ2n) is 7.99. The maximum atomic E-state index is 13.0. The highest BCUT2D eigenvalue weighted by atomic mass is 32.2. The third kappa shape index (κ3) is 6.41. The van der Waals surface area contributed by atoms with Crippen molar-refractivity contribution in [2.45, 2.75) is 45.4 Å². The maximum absolute atomic E-state index is 13.0. The van der Waals surface area contributed by atoms with Gasteiger partial charge < -0.3 is 15.2 Å². The van der Waals surface area contributed by atoms with Crippen LogP contribution in [0, 0.1) is 18.7 Å². The molecule has 0 fully saturated rings. The average Bonchev–Trinajstić information content (AvgIpc) is 3.20. The largest absolute Gasteiger partial charge is 0.342 e. The Morgan fingerprint density at radius 2 is 1.73 bits per heavy atom. The van der Waals surface area contributed by atoms with Crippen molar-refractivity contribution in [3.05, 3.63) is 71.3 Å². The second kappa shape index (κ2) is 11.1. The Balaban J connectivity index is 1.70. The van der Waals surface area contributed by atoms with Crippen LogP contribution in [0.1, 0.15) is 48.6 Å². The van der Waals surface area contributed by atoms with Crippen LogP contribution in [0.15, 0.2) is 53.7 Å². The second-order valence-corrected chi connectivity index (χ2v) is 8.93. The SMILES string of the molecule is CCn1c(SCC(=O)Nc2ccc(F)cc2)nnc1[C@@H](NC(=O)c1ccc(C)cc1)C(C)C. The van der Waals surface area contributed by atoms with E-state index in [1.54, 1.807) is 12.1 Å². The van der Waals surface area contributed by atoms with Crippen LogP contribution in [-0.4, -0.2) is 32.3 Å². The number of amides is 2. The quantitative estimate of drug-likeness (QED) is 0.447. The van der Waals surface area contributed by atoms with E-state index in [1.807, 2.05) is 44.4 Å². The van der Waals surface area contributed by atoms with E-state index in [0.29, 0.717) is 28.8 Å². The number of aromatic nitrogens is 3. The molecule has 0 radical (unpaired) electrons. The predicted molar refractivity (Wildman–Crippen MR) is 128 cm³/mol. The van der Waals surface area contributed by atoms with Crippen molar-refractivity contribution in [1.82, 2.24) is 20.1 Å². The highest BCUT2D eigenvalue weighted by Crippen LogP contribution is 2.25. The third-order valence-electron chi connectivity index (χ3n) is 5.07. The van der Waals surface area contributed by atoms with E-state index in [2.05, 4.69) is 20.8 Å². The number of benzene rings is 2. The van der Waals surface area contributed by atoms with Crippen molar-refractivity contribution in [2.75, 3.05) is 11.1 Å². The lowest BCUT2D eigenvalue weighted by Crippen LogP contribution is -2.33. The number of anilines is 1. The van der Waals surface area contributed by atoms with Gasteiger partial charge in [0.1, 0.15) is 5.82 Å². The minimum absolute atomic E-state index is 0.0773. The van der Waals surface area contributed by atoms with E-state index in [-0.39, 0.29) is 35.3 Å². The summed E-state index contributed by atoms with van der Waals surface area (Å²) >= 11 is 1.26. The number of aryl methyl sites for hydroxylation is 1. The molecular weight excluding hydrogens is 441 g/mol. The molecule has 0 aliphatic carbocycles. The van der Waals surface area contributed by atoms with Gasteiger partial charge in [-0.15, -0.1) is 10.2 Å². The van der Waals surface area contributed by atoms with Crippen LogP contribution in [0.3, 0.4) is 0 Å². The summed E-state index contributed by atoms with van der Waals surface area (Å²) < 4.78 is 14.9. The molecule has 0 saturated heterocycles. The topological polar surface area (TPSA) is 88.9 Å². The van der Waals surface area contributed by atoms with Crippen LogP contribution < -0.4 is 10.6 Å². The Bertz CT molecular complexity index is 1100. The molecule has 2 N–H and O–H groups in total. The molecule has 0 bridgehead atoms. The van der Waals surface area contributed by atoms with Crippen LogP contribution in [-0.2, 0) is 11.3 Å². The van der Waals surface area contributed by atoms with Crippen LogP contribution in [0.5, 0.6) is 0 Å². The molecule has 3 rings (SSSR count). The van der Waals surface area contributed by atoms with Crippen molar-refractivity contribution in [3.8, 4) is 0 Å². The van der Waals surface area contributed by atoms with Crippen molar-refractivity contribution in [2.24, 2.45) is 5.92 Å². The predicted octanol–water partition coefficient (Wildman–Crippen LogP) is 4.60. The van der Waals surface area contributed by atoms with E-state index in [4.69, 9.17) is 0 Å². The lowest BCUT2D eigenvalue weighted by Gasteiger charge is -2.22. The van der Waals surface area contributed by atoms with E-state index >= 15 is 0 Å². The monoisotopic (exact) mass is 469 g/mol. The first-order chi connectivity index (χ1) is 15.8. The number of nitrogens with zero attached hydrogens (tertiary/aromatic N) is 3. The van der Waals surface area contributed by atoms with Gasteiger partial charge in [-0.1, -0.05) is 43.3 Å². The van der Waals surface area contributed by atoms with Gasteiger partial charge in [0.25, 0.3) is 5.91 Å². The molecule has 1 heterocycles. The highest BCUT2D eigenvalue weighted by Gasteiger charge is 2.26. The smallest absolute Gasteiger partial charge is 0.251 e. The summed E-state index contributed by atoms with van der Waals surface area (Å²) in [5.74, 6) is 0.0830. The average molecular weight is 470 g/mol. The van der Waals surface area contributed by atoms with Crippen LogP contribution in [0.2, 0.25) is 0 Å². The van der Waals surface area contributed by atoms with Crippen molar-refractivity contribution in [3.63, 3.8) is 0 Å².